The molecule has 0 bridgehead atoms. The topological polar surface area (TPSA) is 30.7 Å². The van der Waals surface area contributed by atoms with Gasteiger partial charge in [0.2, 0.25) is 0 Å². The van der Waals surface area contributed by atoms with E-state index < -0.39 is 0 Å². The fourth-order valence-electron chi connectivity index (χ4n) is 1.59. The van der Waals surface area contributed by atoms with Crippen LogP contribution in [0.25, 0.3) is 0 Å². The molecule has 1 aromatic heterocycles. The largest absolute Gasteiger partial charge is 0.239 e. The average molecular weight is 335 g/mol. The number of aromatic nitrogens is 3. The van der Waals surface area contributed by atoms with Crippen LogP contribution in [0.1, 0.15) is 59.1 Å². The monoisotopic (exact) mass is 335 g/mol. The summed E-state index contributed by atoms with van der Waals surface area (Å²) in [6.07, 6.45) is 5.09. The number of aryl methyl sites for hydroxylation is 1. The highest BCUT2D eigenvalue weighted by atomic mass is 127. The molecule has 0 radical (unpaired) electrons. The molecule has 1 rings (SSSR count). The Morgan fingerprint density at radius 2 is 1.88 bits per heavy atom. The van der Waals surface area contributed by atoms with Gasteiger partial charge in [-0.2, -0.15) is 0 Å². The molecule has 0 aromatic carbocycles. The van der Waals surface area contributed by atoms with E-state index in [-0.39, 0.29) is 5.41 Å². The molecule has 0 aliphatic heterocycles. The van der Waals surface area contributed by atoms with Gasteiger partial charge in [-0.3, -0.25) is 0 Å². The van der Waals surface area contributed by atoms with Gasteiger partial charge in [0, 0.05) is 12.0 Å². The molecule has 1 aromatic rings. The van der Waals surface area contributed by atoms with Gasteiger partial charge in [-0.05, 0) is 29.0 Å². The maximum Gasteiger partial charge on any atom is 0.123 e. The highest BCUT2D eigenvalue weighted by Gasteiger charge is 2.22. The summed E-state index contributed by atoms with van der Waals surface area (Å²) in [5.41, 5.74) is 1.21. The number of nitrogens with zero attached hydrogens (tertiary/aromatic N) is 3. The molecular weight excluding hydrogens is 313 g/mol. The molecule has 0 aliphatic rings. The van der Waals surface area contributed by atoms with Crippen LogP contribution in [0.2, 0.25) is 0 Å². The summed E-state index contributed by atoms with van der Waals surface area (Å²) in [6, 6.07) is 0. The van der Waals surface area contributed by atoms with E-state index in [1.807, 2.05) is 4.68 Å². The number of hydrogen-bond donors (Lipinski definition) is 0. The minimum Gasteiger partial charge on any atom is -0.239 e. The second-order valence-electron chi connectivity index (χ2n) is 5.26. The summed E-state index contributed by atoms with van der Waals surface area (Å²) in [7, 11) is 0. The lowest BCUT2D eigenvalue weighted by atomic mass is 9.93. The number of halogens is 1. The quantitative estimate of drug-likeness (QED) is 0.606. The minimum atomic E-state index is 0.0954. The molecule has 92 valence electrons. The Labute approximate surface area is 112 Å². The lowest BCUT2D eigenvalue weighted by Crippen LogP contribution is -2.14. The van der Waals surface area contributed by atoms with E-state index in [9.17, 15) is 0 Å². The molecule has 0 saturated heterocycles. The van der Waals surface area contributed by atoms with E-state index in [2.05, 4.69) is 60.6 Å². The van der Waals surface area contributed by atoms with Gasteiger partial charge in [0.05, 0.1) is 0 Å². The molecular formula is C12H22IN3. The van der Waals surface area contributed by atoms with Crippen molar-refractivity contribution in [3.05, 3.63) is 9.39 Å². The van der Waals surface area contributed by atoms with Crippen molar-refractivity contribution < 1.29 is 0 Å². The van der Waals surface area contributed by atoms with Crippen molar-refractivity contribution in [2.45, 2.75) is 65.3 Å². The number of unbranched alkanes of at least 4 members (excludes halogenated alkanes) is 3. The minimum absolute atomic E-state index is 0.0954. The van der Waals surface area contributed by atoms with E-state index in [4.69, 9.17) is 0 Å². The van der Waals surface area contributed by atoms with Gasteiger partial charge in [0.1, 0.15) is 9.39 Å². The Hall–Kier alpha value is -0.130. The van der Waals surface area contributed by atoms with Gasteiger partial charge in [-0.15, -0.1) is 5.10 Å². The number of rotatable bonds is 5. The van der Waals surface area contributed by atoms with Crippen LogP contribution in [0.5, 0.6) is 0 Å². The molecule has 16 heavy (non-hydrogen) atoms. The summed E-state index contributed by atoms with van der Waals surface area (Å²) in [4.78, 5) is 0. The highest BCUT2D eigenvalue weighted by Crippen LogP contribution is 2.24. The lowest BCUT2D eigenvalue weighted by Gasteiger charge is -2.15. The van der Waals surface area contributed by atoms with Gasteiger partial charge in [-0.1, -0.05) is 52.2 Å². The van der Waals surface area contributed by atoms with Crippen LogP contribution in [-0.4, -0.2) is 15.0 Å². The molecule has 0 atom stereocenters. The molecule has 0 N–H and O–H groups in total. The lowest BCUT2D eigenvalue weighted by molar-refractivity contribution is 0.519. The van der Waals surface area contributed by atoms with Crippen LogP contribution in [0.3, 0.4) is 0 Å². The van der Waals surface area contributed by atoms with E-state index in [0.29, 0.717) is 0 Å². The van der Waals surface area contributed by atoms with Gasteiger partial charge in [0.25, 0.3) is 0 Å². The SMILES string of the molecule is CCCCCCn1nnc(C(C)(C)C)c1I. The van der Waals surface area contributed by atoms with E-state index >= 15 is 0 Å². The first kappa shape index (κ1) is 13.9. The zero-order valence-corrected chi connectivity index (χ0v) is 12.9. The normalized spacial score (nSPS) is 12.1. The Balaban J connectivity index is 2.59. The third-order valence-corrected chi connectivity index (χ3v) is 3.68. The van der Waals surface area contributed by atoms with Crippen LogP contribution in [-0.2, 0) is 12.0 Å². The van der Waals surface area contributed by atoms with Crippen LogP contribution in [0.4, 0.5) is 0 Å². The van der Waals surface area contributed by atoms with Crippen molar-refractivity contribution in [3.8, 4) is 0 Å². The average Bonchev–Trinajstić information content (AvgIpc) is 2.54. The summed E-state index contributed by atoms with van der Waals surface area (Å²) in [5, 5.41) is 8.53. The smallest absolute Gasteiger partial charge is 0.123 e. The standard InChI is InChI=1S/C12H22IN3/c1-5-6-7-8-9-16-11(13)10(14-15-16)12(2,3)4/h5-9H2,1-4H3. The van der Waals surface area contributed by atoms with Gasteiger partial charge < -0.3 is 0 Å². The fourth-order valence-corrected chi connectivity index (χ4v) is 2.85. The zero-order chi connectivity index (χ0) is 12.2. The van der Waals surface area contributed by atoms with Crippen molar-refractivity contribution in [1.29, 1.82) is 0 Å². The molecule has 0 fully saturated rings. The molecule has 0 unspecified atom stereocenters. The summed E-state index contributed by atoms with van der Waals surface area (Å²) < 4.78 is 3.23. The van der Waals surface area contributed by atoms with E-state index in [1.54, 1.807) is 0 Å². The molecule has 4 heteroatoms. The predicted molar refractivity (Wildman–Crippen MR) is 75.6 cm³/mol. The molecule has 1 heterocycles. The second kappa shape index (κ2) is 5.98. The Morgan fingerprint density at radius 1 is 1.19 bits per heavy atom. The molecule has 0 amide bonds. The van der Waals surface area contributed by atoms with Crippen molar-refractivity contribution >= 4 is 22.6 Å². The van der Waals surface area contributed by atoms with Crippen molar-refractivity contribution in [2.75, 3.05) is 0 Å². The highest BCUT2D eigenvalue weighted by molar-refractivity contribution is 14.1. The molecule has 0 spiro atoms. The fraction of sp³-hybridized carbons (Fsp3) is 0.833. The first-order valence-electron chi connectivity index (χ1n) is 6.06. The van der Waals surface area contributed by atoms with Crippen molar-refractivity contribution in [2.24, 2.45) is 0 Å². The number of hydrogen-bond acceptors (Lipinski definition) is 2. The predicted octanol–water partition coefficient (Wildman–Crippen LogP) is 3.76. The van der Waals surface area contributed by atoms with Gasteiger partial charge in [0.15, 0.2) is 0 Å². The summed E-state index contributed by atoms with van der Waals surface area (Å²) in [6.45, 7) is 9.78. The summed E-state index contributed by atoms with van der Waals surface area (Å²) in [5.74, 6) is 0. The molecule has 3 nitrogen and oxygen atoms in total. The summed E-state index contributed by atoms with van der Waals surface area (Å²) >= 11 is 2.36. The first-order valence-corrected chi connectivity index (χ1v) is 7.14. The van der Waals surface area contributed by atoms with E-state index in [1.165, 1.54) is 29.4 Å². The van der Waals surface area contributed by atoms with Gasteiger partial charge >= 0.3 is 0 Å². The van der Waals surface area contributed by atoms with E-state index in [0.717, 1.165) is 12.2 Å². The van der Waals surface area contributed by atoms with Crippen molar-refractivity contribution in [3.63, 3.8) is 0 Å². The van der Waals surface area contributed by atoms with Crippen LogP contribution >= 0.6 is 22.6 Å². The second-order valence-corrected chi connectivity index (χ2v) is 6.28. The Kier molecular flexibility index (Phi) is 5.21. The molecule has 0 aliphatic carbocycles. The van der Waals surface area contributed by atoms with Crippen LogP contribution in [0, 0.1) is 3.70 Å². The Morgan fingerprint density at radius 3 is 2.38 bits per heavy atom. The third-order valence-electron chi connectivity index (χ3n) is 2.61. The van der Waals surface area contributed by atoms with Crippen LogP contribution < -0.4 is 0 Å². The third kappa shape index (κ3) is 3.71. The zero-order valence-electron chi connectivity index (χ0n) is 10.8. The molecule has 0 saturated carbocycles. The van der Waals surface area contributed by atoms with Crippen LogP contribution in [0.15, 0.2) is 0 Å². The van der Waals surface area contributed by atoms with Gasteiger partial charge in [-0.25, -0.2) is 4.68 Å². The van der Waals surface area contributed by atoms with Crippen molar-refractivity contribution in [1.82, 2.24) is 15.0 Å². The maximum atomic E-state index is 4.29. The maximum absolute atomic E-state index is 4.29. The first-order chi connectivity index (χ1) is 7.46. The Bertz CT molecular complexity index is 325.